The molecule has 8 heteroatoms. The normalized spacial score (nSPS) is 15.5. The van der Waals surface area contributed by atoms with Crippen LogP contribution in [0, 0.1) is 6.92 Å². The van der Waals surface area contributed by atoms with Gasteiger partial charge in [0.05, 0.1) is 11.4 Å². The average molecular weight is 445 g/mol. The third-order valence-electron chi connectivity index (χ3n) is 6.38. The predicted octanol–water partition coefficient (Wildman–Crippen LogP) is 3.64. The number of fused-ring (bicyclic) bond motifs is 1. The van der Waals surface area contributed by atoms with E-state index in [1.54, 1.807) is 11.6 Å². The molecule has 1 amide bonds. The molecular weight excluding hydrogens is 416 g/mol. The lowest BCUT2D eigenvalue weighted by atomic mass is 10.2. The van der Waals surface area contributed by atoms with E-state index in [9.17, 15) is 9.59 Å². The van der Waals surface area contributed by atoms with E-state index >= 15 is 0 Å². The highest BCUT2D eigenvalue weighted by molar-refractivity contribution is 5.88. The molecule has 0 saturated carbocycles. The summed E-state index contributed by atoms with van der Waals surface area (Å²) < 4.78 is 5.00. The number of carbonyl (C=O) groups is 1. The molecule has 170 valence electrons. The minimum atomic E-state index is -0.684. The first-order chi connectivity index (χ1) is 16.1. The summed E-state index contributed by atoms with van der Waals surface area (Å²) in [6, 6.07) is 12.9. The van der Waals surface area contributed by atoms with Gasteiger partial charge < -0.3 is 9.47 Å². The summed E-state index contributed by atoms with van der Waals surface area (Å²) in [5.41, 5.74) is 1.69. The molecule has 1 aliphatic heterocycles. The number of nitrogens with zero attached hydrogens (tertiary/aromatic N) is 6. The SMILES string of the molecule is Cc1nn([C@H](C)C(=O)N2CCCCCC2)c(=O)c2c(-n3cccc3)n(-c3ccccc3)nc12. The van der Waals surface area contributed by atoms with Crippen LogP contribution < -0.4 is 5.56 Å². The average Bonchev–Trinajstić information content (AvgIpc) is 3.42. The number of para-hydroxylation sites is 1. The standard InChI is InChI=1S/C25H28N6O2/c1-18-22-21(23(28-14-10-11-15-28)31(27-22)20-12-6-5-7-13-20)25(33)30(26-18)19(2)24(32)29-16-8-3-4-9-17-29/h5-7,10-15,19H,3-4,8-9,16-17H2,1-2H3/t19-/m1/s1. The van der Waals surface area contributed by atoms with Gasteiger partial charge in [-0.15, -0.1) is 0 Å². The molecule has 1 aromatic carbocycles. The summed E-state index contributed by atoms with van der Waals surface area (Å²) >= 11 is 0. The van der Waals surface area contributed by atoms with Crippen LogP contribution in [0.15, 0.2) is 59.7 Å². The Morgan fingerprint density at radius 2 is 1.61 bits per heavy atom. The lowest BCUT2D eigenvalue weighted by Gasteiger charge is -2.24. The highest BCUT2D eigenvalue weighted by atomic mass is 16.2. The van der Waals surface area contributed by atoms with Gasteiger partial charge in [-0.2, -0.15) is 10.2 Å². The van der Waals surface area contributed by atoms with Gasteiger partial charge in [-0.1, -0.05) is 31.0 Å². The van der Waals surface area contributed by atoms with Crippen molar-refractivity contribution in [3.63, 3.8) is 0 Å². The van der Waals surface area contributed by atoms with Gasteiger partial charge in [-0.25, -0.2) is 9.36 Å². The topological polar surface area (TPSA) is 78.0 Å². The smallest absolute Gasteiger partial charge is 0.280 e. The number of hydrogen-bond donors (Lipinski definition) is 0. The number of rotatable bonds is 4. The number of amides is 1. The molecule has 0 spiro atoms. The Hall–Kier alpha value is -3.68. The largest absolute Gasteiger partial charge is 0.341 e. The number of aromatic nitrogens is 5. The maximum atomic E-state index is 13.8. The van der Waals surface area contributed by atoms with Crippen molar-refractivity contribution < 1.29 is 4.79 Å². The summed E-state index contributed by atoms with van der Waals surface area (Å²) in [6.07, 6.45) is 8.06. The first-order valence-electron chi connectivity index (χ1n) is 11.6. The molecule has 1 saturated heterocycles. The van der Waals surface area contributed by atoms with E-state index in [1.165, 1.54) is 4.68 Å². The molecule has 0 N–H and O–H groups in total. The first kappa shape index (κ1) is 21.2. The Morgan fingerprint density at radius 3 is 2.27 bits per heavy atom. The third-order valence-corrected chi connectivity index (χ3v) is 6.38. The summed E-state index contributed by atoms with van der Waals surface area (Å²) in [5, 5.41) is 9.77. The lowest BCUT2D eigenvalue weighted by Crippen LogP contribution is -2.41. The van der Waals surface area contributed by atoms with Gasteiger partial charge in [0.1, 0.15) is 16.9 Å². The van der Waals surface area contributed by atoms with Gasteiger partial charge in [0.15, 0.2) is 5.82 Å². The van der Waals surface area contributed by atoms with Gasteiger partial charge >= 0.3 is 0 Å². The van der Waals surface area contributed by atoms with Crippen LogP contribution in [0.25, 0.3) is 22.4 Å². The monoisotopic (exact) mass is 444 g/mol. The molecule has 0 aliphatic carbocycles. The predicted molar refractivity (Wildman–Crippen MR) is 127 cm³/mol. The zero-order valence-corrected chi connectivity index (χ0v) is 19.0. The van der Waals surface area contributed by atoms with Gasteiger partial charge in [0, 0.05) is 25.5 Å². The van der Waals surface area contributed by atoms with E-state index in [-0.39, 0.29) is 11.5 Å². The van der Waals surface area contributed by atoms with Crippen molar-refractivity contribution in [1.29, 1.82) is 0 Å². The van der Waals surface area contributed by atoms with Crippen molar-refractivity contribution in [2.75, 3.05) is 13.1 Å². The number of aryl methyl sites for hydroxylation is 1. The van der Waals surface area contributed by atoms with Crippen LogP contribution in [0.5, 0.6) is 0 Å². The Morgan fingerprint density at radius 1 is 0.939 bits per heavy atom. The van der Waals surface area contributed by atoms with Crippen LogP contribution in [0.3, 0.4) is 0 Å². The maximum Gasteiger partial charge on any atom is 0.280 e. The fourth-order valence-corrected chi connectivity index (χ4v) is 4.61. The zero-order chi connectivity index (χ0) is 22.9. The lowest BCUT2D eigenvalue weighted by molar-refractivity contribution is -0.134. The molecule has 4 heterocycles. The van der Waals surface area contributed by atoms with Crippen LogP contribution in [0.2, 0.25) is 0 Å². The molecule has 1 aliphatic rings. The van der Waals surface area contributed by atoms with Crippen molar-refractivity contribution in [1.82, 2.24) is 29.0 Å². The fraction of sp³-hybridized carbons (Fsp3) is 0.360. The van der Waals surface area contributed by atoms with Gasteiger partial charge in [0.2, 0.25) is 5.91 Å². The van der Waals surface area contributed by atoms with E-state index in [0.717, 1.165) is 44.5 Å². The van der Waals surface area contributed by atoms with E-state index in [1.807, 2.05) is 71.2 Å². The highest BCUT2D eigenvalue weighted by Crippen LogP contribution is 2.25. The van der Waals surface area contributed by atoms with Gasteiger partial charge in [0.25, 0.3) is 5.56 Å². The van der Waals surface area contributed by atoms with Crippen molar-refractivity contribution in [3.8, 4) is 11.5 Å². The van der Waals surface area contributed by atoms with E-state index < -0.39 is 6.04 Å². The van der Waals surface area contributed by atoms with Crippen molar-refractivity contribution in [2.45, 2.75) is 45.6 Å². The number of benzene rings is 1. The summed E-state index contributed by atoms with van der Waals surface area (Å²) in [6.45, 7) is 5.08. The summed E-state index contributed by atoms with van der Waals surface area (Å²) in [7, 11) is 0. The first-order valence-corrected chi connectivity index (χ1v) is 11.6. The molecule has 33 heavy (non-hydrogen) atoms. The second-order valence-corrected chi connectivity index (χ2v) is 8.64. The maximum absolute atomic E-state index is 13.8. The van der Waals surface area contributed by atoms with Crippen molar-refractivity contribution in [3.05, 3.63) is 70.9 Å². The second-order valence-electron chi connectivity index (χ2n) is 8.64. The van der Waals surface area contributed by atoms with Crippen molar-refractivity contribution >= 4 is 16.8 Å². The second kappa shape index (κ2) is 8.69. The Kier molecular flexibility index (Phi) is 5.58. The molecule has 0 unspecified atom stereocenters. The van der Waals surface area contributed by atoms with Crippen LogP contribution >= 0.6 is 0 Å². The zero-order valence-electron chi connectivity index (χ0n) is 19.0. The Bertz CT molecular complexity index is 1330. The molecule has 1 atom stereocenters. The Labute approximate surface area is 192 Å². The van der Waals surface area contributed by atoms with Gasteiger partial charge in [-0.3, -0.25) is 9.59 Å². The Balaban J connectivity index is 1.69. The van der Waals surface area contributed by atoms with E-state index in [0.29, 0.717) is 22.4 Å². The molecule has 4 aromatic rings. The quantitative estimate of drug-likeness (QED) is 0.481. The molecule has 1 fully saturated rings. The fourth-order valence-electron chi connectivity index (χ4n) is 4.61. The minimum Gasteiger partial charge on any atom is -0.341 e. The molecule has 0 bridgehead atoms. The minimum absolute atomic E-state index is 0.0526. The third kappa shape index (κ3) is 3.75. The number of carbonyl (C=O) groups excluding carboxylic acids is 1. The summed E-state index contributed by atoms with van der Waals surface area (Å²) in [4.78, 5) is 29.0. The highest BCUT2D eigenvalue weighted by Gasteiger charge is 2.28. The molecule has 3 aromatic heterocycles. The van der Waals surface area contributed by atoms with E-state index in [2.05, 4.69) is 5.10 Å². The van der Waals surface area contributed by atoms with Crippen LogP contribution in [0.4, 0.5) is 0 Å². The van der Waals surface area contributed by atoms with Crippen LogP contribution in [0.1, 0.15) is 44.3 Å². The molecule has 8 nitrogen and oxygen atoms in total. The van der Waals surface area contributed by atoms with Crippen molar-refractivity contribution in [2.24, 2.45) is 0 Å². The van der Waals surface area contributed by atoms with Crippen LogP contribution in [-0.2, 0) is 4.79 Å². The number of likely N-dealkylation sites (tertiary alicyclic amines) is 1. The molecule has 5 rings (SSSR count). The molecule has 0 radical (unpaired) electrons. The number of hydrogen-bond acceptors (Lipinski definition) is 4. The van der Waals surface area contributed by atoms with E-state index in [4.69, 9.17) is 5.10 Å². The van der Waals surface area contributed by atoms with Crippen LogP contribution in [-0.4, -0.2) is 48.0 Å². The van der Waals surface area contributed by atoms with Gasteiger partial charge in [-0.05, 0) is 51.0 Å². The molecular formula is C25H28N6O2. The summed E-state index contributed by atoms with van der Waals surface area (Å²) in [5.74, 6) is 0.586.